The number of thiazole rings is 1. The van der Waals surface area contributed by atoms with Crippen molar-refractivity contribution in [1.82, 2.24) is 9.55 Å². The van der Waals surface area contributed by atoms with E-state index in [0.29, 0.717) is 36.8 Å². The Kier molecular flexibility index (Phi) is 7.80. The van der Waals surface area contributed by atoms with Crippen LogP contribution in [0.25, 0.3) is 21.5 Å². The molecule has 4 aromatic rings. The smallest absolute Gasteiger partial charge is 0.416 e. The summed E-state index contributed by atoms with van der Waals surface area (Å²) in [5.74, 6) is -0.360. The second-order valence-electron chi connectivity index (χ2n) is 8.34. The van der Waals surface area contributed by atoms with Crippen molar-refractivity contribution in [3.05, 3.63) is 76.4 Å². The molecule has 0 amide bonds. The number of rotatable bonds is 9. The summed E-state index contributed by atoms with van der Waals surface area (Å²) in [4.78, 5) is 17.8. The first-order chi connectivity index (χ1) is 17.2. The predicted octanol–water partition coefficient (Wildman–Crippen LogP) is 6.65. The zero-order valence-corrected chi connectivity index (χ0v) is 21.1. The topological polar surface area (TPSA) is 53.4 Å². The van der Waals surface area contributed by atoms with E-state index in [9.17, 15) is 18.0 Å². The minimum absolute atomic E-state index is 0.307. The lowest BCUT2D eigenvalue weighted by Crippen LogP contribution is -2.28. The van der Waals surface area contributed by atoms with E-state index in [1.807, 2.05) is 44.3 Å². The third-order valence-electron chi connectivity index (χ3n) is 5.84. The average Bonchev–Trinajstić information content (AvgIpc) is 3.41. The van der Waals surface area contributed by atoms with Crippen LogP contribution in [0.5, 0.6) is 0 Å². The summed E-state index contributed by atoms with van der Waals surface area (Å²) >= 11 is 1.48. The van der Waals surface area contributed by atoms with Gasteiger partial charge in [0.1, 0.15) is 5.01 Å². The van der Waals surface area contributed by atoms with E-state index in [2.05, 4.69) is 9.55 Å². The highest BCUT2D eigenvalue weighted by molar-refractivity contribution is 7.15. The van der Waals surface area contributed by atoms with Gasteiger partial charge in [0.2, 0.25) is 0 Å². The van der Waals surface area contributed by atoms with E-state index in [1.54, 1.807) is 6.92 Å². The molecular formula is C27H27F3N2O3S. The molecule has 1 atom stereocenters. The van der Waals surface area contributed by atoms with Crippen LogP contribution in [0.1, 0.15) is 35.5 Å². The zero-order valence-electron chi connectivity index (χ0n) is 20.3. The third-order valence-corrected chi connectivity index (χ3v) is 7.03. The summed E-state index contributed by atoms with van der Waals surface area (Å²) < 4.78 is 51.5. The lowest BCUT2D eigenvalue weighted by molar-refractivity contribution is -0.156. The molecule has 0 fully saturated rings. The molecule has 36 heavy (non-hydrogen) atoms. The fraction of sp³-hybridized carbons (Fsp3) is 0.333. The molecule has 5 nitrogen and oxygen atoms in total. The molecule has 0 N–H and O–H groups in total. The molecule has 0 radical (unpaired) electrons. The Hall–Kier alpha value is -3.17. The quantitative estimate of drug-likeness (QED) is 0.234. The van der Waals surface area contributed by atoms with Crippen molar-refractivity contribution in [2.75, 3.05) is 13.2 Å². The van der Waals surface area contributed by atoms with Crippen LogP contribution in [0.15, 0.2) is 54.7 Å². The number of halogens is 3. The Bertz CT molecular complexity index is 1340. The number of carbonyl (C=O) groups excluding carboxylic acids is 1. The van der Waals surface area contributed by atoms with Crippen molar-refractivity contribution in [2.45, 2.75) is 46.0 Å². The Morgan fingerprint density at radius 1 is 1.08 bits per heavy atom. The predicted molar refractivity (Wildman–Crippen MR) is 134 cm³/mol. The second-order valence-corrected chi connectivity index (χ2v) is 9.42. The Balaban J connectivity index is 1.52. The van der Waals surface area contributed by atoms with E-state index in [0.717, 1.165) is 39.2 Å². The minimum Gasteiger partial charge on any atom is -0.464 e. The van der Waals surface area contributed by atoms with E-state index in [4.69, 9.17) is 9.47 Å². The first-order valence-electron chi connectivity index (χ1n) is 11.7. The second kappa shape index (κ2) is 10.8. The fourth-order valence-corrected chi connectivity index (χ4v) is 5.10. The number of hydrogen-bond acceptors (Lipinski definition) is 5. The normalized spacial score (nSPS) is 12.7. The Labute approximate surface area is 211 Å². The molecule has 0 saturated heterocycles. The number of alkyl halides is 3. The lowest BCUT2D eigenvalue weighted by Gasteiger charge is -2.15. The number of hydrogen-bond donors (Lipinski definition) is 0. The molecule has 2 aromatic heterocycles. The molecule has 0 spiro atoms. The van der Waals surface area contributed by atoms with Crippen LogP contribution < -0.4 is 0 Å². The number of ether oxygens (including phenoxy) is 2. The number of fused-ring (bicyclic) bond motifs is 1. The monoisotopic (exact) mass is 516 g/mol. The standard InChI is InChI=1S/C27H27F3N2O3S/c1-4-34-23(26(33)35-5-2)15-18-6-11-22-20(14-18)12-13-32(22)16-24-17(3)31-25(36-24)19-7-9-21(10-8-19)27(28,29)30/h6-14,23H,4-5,15-16H2,1-3H3. The lowest BCUT2D eigenvalue weighted by atomic mass is 10.1. The molecule has 9 heteroatoms. The van der Waals surface area contributed by atoms with E-state index < -0.39 is 17.8 Å². The van der Waals surface area contributed by atoms with Crippen molar-refractivity contribution in [3.63, 3.8) is 0 Å². The van der Waals surface area contributed by atoms with Crippen LogP contribution in [0.3, 0.4) is 0 Å². The van der Waals surface area contributed by atoms with Gasteiger partial charge in [-0.2, -0.15) is 13.2 Å². The summed E-state index contributed by atoms with van der Waals surface area (Å²) in [6.45, 7) is 6.85. The number of aromatic nitrogens is 2. The maximum atomic E-state index is 12.9. The molecule has 1 unspecified atom stereocenters. The van der Waals surface area contributed by atoms with Crippen LogP contribution in [0, 0.1) is 6.92 Å². The molecule has 0 aliphatic heterocycles. The van der Waals surface area contributed by atoms with Gasteiger partial charge >= 0.3 is 12.1 Å². The van der Waals surface area contributed by atoms with Gasteiger partial charge < -0.3 is 14.0 Å². The van der Waals surface area contributed by atoms with Gasteiger partial charge in [-0.1, -0.05) is 18.2 Å². The molecule has 4 rings (SSSR count). The van der Waals surface area contributed by atoms with Gasteiger partial charge in [-0.05, 0) is 62.1 Å². The largest absolute Gasteiger partial charge is 0.464 e. The van der Waals surface area contributed by atoms with Gasteiger partial charge in [-0.3, -0.25) is 0 Å². The van der Waals surface area contributed by atoms with Gasteiger partial charge in [0, 0.05) is 35.2 Å². The van der Waals surface area contributed by atoms with Gasteiger partial charge in [-0.15, -0.1) is 11.3 Å². The number of aryl methyl sites for hydroxylation is 1. The molecular weight excluding hydrogens is 489 g/mol. The van der Waals surface area contributed by atoms with Crippen LogP contribution in [0.2, 0.25) is 0 Å². The van der Waals surface area contributed by atoms with Crippen molar-refractivity contribution < 1.29 is 27.4 Å². The van der Waals surface area contributed by atoms with Gasteiger partial charge in [0.05, 0.1) is 24.4 Å². The first kappa shape index (κ1) is 25.9. The minimum atomic E-state index is -4.36. The third kappa shape index (κ3) is 5.79. The Morgan fingerprint density at radius 2 is 1.83 bits per heavy atom. The van der Waals surface area contributed by atoms with Gasteiger partial charge in [-0.25, -0.2) is 9.78 Å². The van der Waals surface area contributed by atoms with Crippen molar-refractivity contribution in [2.24, 2.45) is 0 Å². The van der Waals surface area contributed by atoms with Crippen LogP contribution >= 0.6 is 11.3 Å². The molecule has 2 aromatic carbocycles. The molecule has 0 aliphatic rings. The summed E-state index contributed by atoms with van der Waals surface area (Å²) in [5.41, 5.74) is 2.85. The maximum absolute atomic E-state index is 12.9. The molecule has 2 heterocycles. The highest BCUT2D eigenvalue weighted by Crippen LogP contribution is 2.33. The summed E-state index contributed by atoms with van der Waals surface area (Å²) in [5, 5.41) is 1.73. The first-order valence-corrected chi connectivity index (χ1v) is 12.5. The molecule has 0 bridgehead atoms. The van der Waals surface area contributed by atoms with Gasteiger partial charge in [0.25, 0.3) is 0 Å². The van der Waals surface area contributed by atoms with Crippen LogP contribution in [0.4, 0.5) is 13.2 Å². The molecule has 0 aliphatic carbocycles. The van der Waals surface area contributed by atoms with Crippen molar-refractivity contribution in [3.8, 4) is 10.6 Å². The SMILES string of the molecule is CCOC(=O)C(Cc1ccc2c(ccn2Cc2sc(-c3ccc(C(F)(F)F)cc3)nc2C)c1)OCC. The number of benzene rings is 2. The number of nitrogens with zero attached hydrogens (tertiary/aromatic N) is 2. The average molecular weight is 517 g/mol. The fourth-order valence-electron chi connectivity index (χ4n) is 4.03. The molecule has 190 valence electrons. The van der Waals surface area contributed by atoms with E-state index in [-0.39, 0.29) is 5.97 Å². The molecule has 0 saturated carbocycles. The Morgan fingerprint density at radius 3 is 2.50 bits per heavy atom. The summed E-state index contributed by atoms with van der Waals surface area (Å²) in [6, 6.07) is 13.2. The number of carbonyl (C=O) groups is 1. The highest BCUT2D eigenvalue weighted by atomic mass is 32.1. The highest BCUT2D eigenvalue weighted by Gasteiger charge is 2.30. The van der Waals surface area contributed by atoms with E-state index in [1.165, 1.54) is 23.5 Å². The van der Waals surface area contributed by atoms with Crippen LogP contribution in [-0.4, -0.2) is 34.8 Å². The zero-order chi connectivity index (χ0) is 25.9. The van der Waals surface area contributed by atoms with Crippen molar-refractivity contribution in [1.29, 1.82) is 0 Å². The van der Waals surface area contributed by atoms with Crippen molar-refractivity contribution >= 4 is 28.2 Å². The van der Waals surface area contributed by atoms with E-state index >= 15 is 0 Å². The van der Waals surface area contributed by atoms with Gasteiger partial charge in [0.15, 0.2) is 6.10 Å². The maximum Gasteiger partial charge on any atom is 0.416 e. The summed E-state index contributed by atoms with van der Waals surface area (Å²) in [7, 11) is 0. The van der Waals surface area contributed by atoms with Crippen LogP contribution in [-0.2, 0) is 33.4 Å². The number of esters is 1. The summed E-state index contributed by atoms with van der Waals surface area (Å²) in [6.07, 6.45) is -2.58.